The van der Waals surface area contributed by atoms with E-state index in [0.717, 1.165) is 32.3 Å². The molecule has 4 atom stereocenters. The zero-order valence-electron chi connectivity index (χ0n) is 10.5. The molecule has 2 aliphatic rings. The smallest absolute Gasteiger partial charge is 0.0948 e. The van der Waals surface area contributed by atoms with Crippen LogP contribution in [0.2, 0.25) is 0 Å². The first-order chi connectivity index (χ1) is 8.15. The van der Waals surface area contributed by atoms with Crippen molar-refractivity contribution < 1.29 is 13.7 Å². The highest BCUT2D eigenvalue weighted by atomic mass is 32.2. The van der Waals surface area contributed by atoms with Gasteiger partial charge in [-0.2, -0.15) is 0 Å². The molecule has 17 heavy (non-hydrogen) atoms. The van der Waals surface area contributed by atoms with Gasteiger partial charge >= 0.3 is 0 Å². The van der Waals surface area contributed by atoms with Crippen molar-refractivity contribution in [3.05, 3.63) is 0 Å². The van der Waals surface area contributed by atoms with E-state index in [1.54, 1.807) is 0 Å². The monoisotopic (exact) mass is 261 g/mol. The van der Waals surface area contributed by atoms with E-state index in [9.17, 15) is 4.21 Å². The maximum atomic E-state index is 12.2. The zero-order valence-corrected chi connectivity index (χ0v) is 11.3. The molecular weight excluding hydrogens is 238 g/mol. The van der Waals surface area contributed by atoms with Gasteiger partial charge in [0.15, 0.2) is 0 Å². The highest BCUT2D eigenvalue weighted by Crippen LogP contribution is 2.34. The van der Waals surface area contributed by atoms with Crippen LogP contribution in [-0.2, 0) is 20.3 Å². The van der Waals surface area contributed by atoms with Crippen molar-refractivity contribution in [1.82, 2.24) is 0 Å². The third-order valence-electron chi connectivity index (χ3n) is 3.79. The predicted octanol–water partition coefficient (Wildman–Crippen LogP) is 0.811. The fourth-order valence-corrected chi connectivity index (χ4v) is 4.31. The van der Waals surface area contributed by atoms with E-state index in [1.165, 1.54) is 0 Å². The normalized spacial score (nSPS) is 37.2. The van der Waals surface area contributed by atoms with Crippen LogP contribution in [0.25, 0.3) is 0 Å². The number of rotatable bonds is 4. The molecule has 2 aliphatic heterocycles. The first-order valence-electron chi connectivity index (χ1n) is 6.50. The molecule has 100 valence electrons. The zero-order chi connectivity index (χ0) is 12.3. The van der Waals surface area contributed by atoms with E-state index in [-0.39, 0.29) is 16.9 Å². The van der Waals surface area contributed by atoms with Crippen molar-refractivity contribution in [2.45, 2.75) is 49.5 Å². The van der Waals surface area contributed by atoms with Crippen molar-refractivity contribution in [2.75, 3.05) is 25.6 Å². The Morgan fingerprint density at radius 2 is 2.35 bits per heavy atom. The SMILES string of the molecule is CCC(N)CS(=O)C1CCOC2(CCOC2)C1. The molecule has 0 aromatic rings. The Balaban J connectivity index is 1.90. The van der Waals surface area contributed by atoms with Crippen molar-refractivity contribution in [1.29, 1.82) is 0 Å². The molecule has 2 rings (SSSR count). The lowest BCUT2D eigenvalue weighted by atomic mass is 9.93. The van der Waals surface area contributed by atoms with Gasteiger partial charge in [-0.05, 0) is 19.3 Å². The Morgan fingerprint density at radius 1 is 1.53 bits per heavy atom. The molecule has 2 N–H and O–H groups in total. The Kier molecular flexibility index (Phi) is 4.58. The van der Waals surface area contributed by atoms with Crippen LogP contribution < -0.4 is 5.73 Å². The number of hydrogen-bond donors (Lipinski definition) is 1. The molecule has 0 radical (unpaired) electrons. The summed E-state index contributed by atoms with van der Waals surface area (Å²) in [6.07, 6.45) is 3.60. The van der Waals surface area contributed by atoms with E-state index >= 15 is 0 Å². The third-order valence-corrected chi connectivity index (χ3v) is 5.69. The molecule has 2 saturated heterocycles. The van der Waals surface area contributed by atoms with Crippen LogP contribution >= 0.6 is 0 Å². The second-order valence-corrected chi connectivity index (χ2v) is 6.93. The lowest BCUT2D eigenvalue weighted by Crippen LogP contribution is -2.45. The maximum Gasteiger partial charge on any atom is 0.0948 e. The summed E-state index contributed by atoms with van der Waals surface area (Å²) in [7, 11) is -0.819. The lowest BCUT2D eigenvalue weighted by Gasteiger charge is -2.36. The van der Waals surface area contributed by atoms with Gasteiger partial charge in [0.25, 0.3) is 0 Å². The van der Waals surface area contributed by atoms with Gasteiger partial charge in [0.2, 0.25) is 0 Å². The predicted molar refractivity (Wildman–Crippen MR) is 68.4 cm³/mol. The average Bonchev–Trinajstić information content (AvgIpc) is 2.77. The topological polar surface area (TPSA) is 61.6 Å². The highest BCUT2D eigenvalue weighted by molar-refractivity contribution is 7.85. The van der Waals surface area contributed by atoms with Crippen LogP contribution in [-0.4, -0.2) is 46.7 Å². The first kappa shape index (κ1) is 13.5. The quantitative estimate of drug-likeness (QED) is 0.813. The summed E-state index contributed by atoms with van der Waals surface area (Å²) in [6, 6.07) is 0.0643. The van der Waals surface area contributed by atoms with Gasteiger partial charge in [0, 0.05) is 47.5 Å². The van der Waals surface area contributed by atoms with Crippen molar-refractivity contribution in [3.8, 4) is 0 Å². The van der Waals surface area contributed by atoms with Gasteiger partial charge in [-0.1, -0.05) is 6.92 Å². The van der Waals surface area contributed by atoms with Crippen LogP contribution in [0.3, 0.4) is 0 Å². The number of ether oxygens (including phenoxy) is 2. The van der Waals surface area contributed by atoms with E-state index in [1.807, 2.05) is 6.92 Å². The summed E-state index contributed by atoms with van der Waals surface area (Å²) in [5, 5.41) is 0.239. The van der Waals surface area contributed by atoms with Crippen LogP contribution in [0, 0.1) is 0 Å². The largest absolute Gasteiger partial charge is 0.378 e. The minimum atomic E-state index is -0.819. The molecule has 4 nitrogen and oxygen atoms in total. The molecule has 2 heterocycles. The third kappa shape index (κ3) is 3.28. The van der Waals surface area contributed by atoms with Crippen LogP contribution in [0.5, 0.6) is 0 Å². The average molecular weight is 261 g/mol. The fourth-order valence-electron chi connectivity index (χ4n) is 2.54. The Bertz CT molecular complexity index is 279. The summed E-state index contributed by atoms with van der Waals surface area (Å²) >= 11 is 0. The molecule has 5 heteroatoms. The van der Waals surface area contributed by atoms with Crippen LogP contribution in [0.1, 0.15) is 32.6 Å². The van der Waals surface area contributed by atoms with Gasteiger partial charge in [-0.3, -0.25) is 4.21 Å². The Hall–Kier alpha value is 0.0300. The summed E-state index contributed by atoms with van der Waals surface area (Å²) in [5.41, 5.74) is 5.73. The first-order valence-corrected chi connectivity index (χ1v) is 7.88. The van der Waals surface area contributed by atoms with Crippen molar-refractivity contribution in [2.24, 2.45) is 5.73 Å². The Morgan fingerprint density at radius 3 is 3.00 bits per heavy atom. The molecule has 0 aromatic heterocycles. The summed E-state index contributed by atoms with van der Waals surface area (Å²) in [4.78, 5) is 0. The number of hydrogen-bond acceptors (Lipinski definition) is 4. The van der Waals surface area contributed by atoms with Gasteiger partial charge in [0.1, 0.15) is 0 Å². The summed E-state index contributed by atoms with van der Waals surface area (Å²) < 4.78 is 23.5. The number of nitrogens with two attached hydrogens (primary N) is 1. The van der Waals surface area contributed by atoms with Crippen LogP contribution in [0.4, 0.5) is 0 Å². The maximum absolute atomic E-state index is 12.2. The molecule has 0 aromatic carbocycles. The van der Waals surface area contributed by atoms with Gasteiger partial charge in [0.05, 0.1) is 12.2 Å². The minimum absolute atomic E-state index is 0.0643. The molecule has 4 unspecified atom stereocenters. The highest BCUT2D eigenvalue weighted by Gasteiger charge is 2.42. The van der Waals surface area contributed by atoms with Crippen LogP contribution in [0.15, 0.2) is 0 Å². The second-order valence-electron chi connectivity index (χ2n) is 5.16. The van der Waals surface area contributed by atoms with E-state index in [4.69, 9.17) is 15.2 Å². The van der Waals surface area contributed by atoms with E-state index in [0.29, 0.717) is 19.0 Å². The van der Waals surface area contributed by atoms with E-state index < -0.39 is 10.8 Å². The van der Waals surface area contributed by atoms with E-state index in [2.05, 4.69) is 0 Å². The van der Waals surface area contributed by atoms with Crippen molar-refractivity contribution in [3.63, 3.8) is 0 Å². The molecule has 0 amide bonds. The standard InChI is InChI=1S/C12H23NO3S/c1-2-10(13)8-17(14)11-3-5-16-12(7-11)4-6-15-9-12/h10-11H,2-9,13H2,1H3. The minimum Gasteiger partial charge on any atom is -0.378 e. The fraction of sp³-hybridized carbons (Fsp3) is 1.00. The van der Waals surface area contributed by atoms with Gasteiger partial charge < -0.3 is 15.2 Å². The molecular formula is C12H23NO3S. The lowest BCUT2D eigenvalue weighted by molar-refractivity contribution is -0.0774. The molecule has 0 bridgehead atoms. The second kappa shape index (κ2) is 5.78. The van der Waals surface area contributed by atoms with Crippen molar-refractivity contribution >= 4 is 10.8 Å². The summed E-state index contributed by atoms with van der Waals surface area (Å²) in [6.45, 7) is 4.19. The Labute approximate surface area is 106 Å². The summed E-state index contributed by atoms with van der Waals surface area (Å²) in [5.74, 6) is 0.623. The van der Waals surface area contributed by atoms with Gasteiger partial charge in [-0.25, -0.2) is 0 Å². The molecule has 0 aliphatic carbocycles. The van der Waals surface area contributed by atoms with Gasteiger partial charge in [-0.15, -0.1) is 0 Å². The molecule has 2 fully saturated rings. The molecule has 1 spiro atoms. The molecule has 0 saturated carbocycles.